The zero-order valence-corrected chi connectivity index (χ0v) is 13.2. The lowest BCUT2D eigenvalue weighted by atomic mass is 9.97. The molecule has 21 heavy (non-hydrogen) atoms. The molecular weight excluding hydrogens is 270 g/mol. The summed E-state index contributed by atoms with van der Waals surface area (Å²) in [5, 5.41) is 0. The average molecular weight is 293 g/mol. The molecule has 0 aromatic heterocycles. The zero-order chi connectivity index (χ0) is 16.2. The Balaban J connectivity index is 2.99. The Bertz CT molecular complexity index is 532. The Kier molecular flexibility index (Phi) is 5.35. The number of primary amides is 1. The molecule has 5 nitrogen and oxygen atoms in total. The summed E-state index contributed by atoms with van der Waals surface area (Å²) in [6.45, 7) is 9.11. The SMILES string of the molecule is CCc1cc(C(C)OC(N)=O)ccc1OC(=O)C(C)(C)C. The highest BCUT2D eigenvalue weighted by Crippen LogP contribution is 2.27. The number of hydrogen-bond acceptors (Lipinski definition) is 4. The van der Waals surface area contributed by atoms with Gasteiger partial charge in [0.05, 0.1) is 5.41 Å². The summed E-state index contributed by atoms with van der Waals surface area (Å²) in [4.78, 5) is 22.7. The molecule has 0 radical (unpaired) electrons. The minimum absolute atomic E-state index is 0.286. The number of aryl methyl sites for hydroxylation is 1. The predicted octanol–water partition coefficient (Wildman–Crippen LogP) is 3.36. The van der Waals surface area contributed by atoms with E-state index >= 15 is 0 Å². The van der Waals surface area contributed by atoms with Gasteiger partial charge in [-0.1, -0.05) is 13.0 Å². The van der Waals surface area contributed by atoms with Crippen molar-refractivity contribution in [3.8, 4) is 5.75 Å². The molecule has 1 amide bonds. The number of carbonyl (C=O) groups is 2. The van der Waals surface area contributed by atoms with Gasteiger partial charge in [0.25, 0.3) is 0 Å². The van der Waals surface area contributed by atoms with Crippen LogP contribution in [-0.4, -0.2) is 12.1 Å². The van der Waals surface area contributed by atoms with Crippen molar-refractivity contribution in [1.82, 2.24) is 0 Å². The summed E-state index contributed by atoms with van der Waals surface area (Å²) in [5.41, 5.74) is 6.14. The van der Waals surface area contributed by atoms with Crippen LogP contribution >= 0.6 is 0 Å². The first-order chi connectivity index (χ1) is 9.65. The molecule has 1 rings (SSSR count). The van der Waals surface area contributed by atoms with Crippen LogP contribution in [0.2, 0.25) is 0 Å². The van der Waals surface area contributed by atoms with E-state index in [2.05, 4.69) is 0 Å². The molecule has 0 bridgehead atoms. The maximum atomic E-state index is 12.0. The van der Waals surface area contributed by atoms with E-state index in [1.54, 1.807) is 39.8 Å². The molecule has 0 heterocycles. The molecule has 5 heteroatoms. The minimum atomic E-state index is -0.816. The molecule has 116 valence electrons. The van der Waals surface area contributed by atoms with Gasteiger partial charge >= 0.3 is 12.1 Å². The van der Waals surface area contributed by atoms with Crippen LogP contribution in [0.1, 0.15) is 51.8 Å². The van der Waals surface area contributed by atoms with Gasteiger partial charge in [-0.3, -0.25) is 4.79 Å². The lowest BCUT2D eigenvalue weighted by molar-refractivity contribution is -0.143. The molecule has 0 fully saturated rings. The highest BCUT2D eigenvalue weighted by molar-refractivity contribution is 5.78. The first kappa shape index (κ1) is 17.0. The van der Waals surface area contributed by atoms with Crippen molar-refractivity contribution in [2.45, 2.75) is 47.1 Å². The standard InChI is InChI=1S/C16H23NO4/c1-6-11-9-12(10(2)20-15(17)19)7-8-13(11)21-14(18)16(3,4)5/h7-10H,6H2,1-5H3,(H2,17,19). The van der Waals surface area contributed by atoms with E-state index in [0.717, 1.165) is 11.1 Å². The van der Waals surface area contributed by atoms with E-state index in [1.165, 1.54) is 0 Å². The van der Waals surface area contributed by atoms with E-state index in [-0.39, 0.29) is 5.97 Å². The van der Waals surface area contributed by atoms with E-state index in [9.17, 15) is 9.59 Å². The van der Waals surface area contributed by atoms with Crippen molar-refractivity contribution in [2.75, 3.05) is 0 Å². The van der Waals surface area contributed by atoms with Crippen molar-refractivity contribution in [3.05, 3.63) is 29.3 Å². The molecule has 0 saturated heterocycles. The molecule has 1 unspecified atom stereocenters. The molecular formula is C16H23NO4. The highest BCUT2D eigenvalue weighted by atomic mass is 16.6. The number of nitrogens with two attached hydrogens (primary N) is 1. The Hall–Kier alpha value is -2.04. The number of rotatable bonds is 4. The lowest BCUT2D eigenvalue weighted by Crippen LogP contribution is -2.26. The summed E-state index contributed by atoms with van der Waals surface area (Å²) in [5.74, 6) is 0.249. The number of carbonyl (C=O) groups excluding carboxylic acids is 2. The summed E-state index contributed by atoms with van der Waals surface area (Å²) in [7, 11) is 0. The molecule has 1 atom stereocenters. The zero-order valence-electron chi connectivity index (χ0n) is 13.2. The molecule has 0 saturated carbocycles. The van der Waals surface area contributed by atoms with Crippen molar-refractivity contribution in [3.63, 3.8) is 0 Å². The summed E-state index contributed by atoms with van der Waals surface area (Å²) >= 11 is 0. The molecule has 0 aliphatic carbocycles. The van der Waals surface area contributed by atoms with Crippen molar-refractivity contribution in [1.29, 1.82) is 0 Å². The monoisotopic (exact) mass is 293 g/mol. The fourth-order valence-corrected chi connectivity index (χ4v) is 1.72. The number of hydrogen-bond donors (Lipinski definition) is 1. The van der Waals surface area contributed by atoms with E-state index < -0.39 is 17.6 Å². The summed E-state index contributed by atoms with van der Waals surface area (Å²) in [6.07, 6.45) is -0.562. The van der Waals surface area contributed by atoms with Crippen LogP contribution in [0.15, 0.2) is 18.2 Å². The van der Waals surface area contributed by atoms with Gasteiger partial charge in [-0.15, -0.1) is 0 Å². The first-order valence-electron chi connectivity index (χ1n) is 6.96. The van der Waals surface area contributed by atoms with E-state index in [1.807, 2.05) is 13.0 Å². The summed E-state index contributed by atoms with van der Waals surface area (Å²) in [6, 6.07) is 5.34. The third kappa shape index (κ3) is 4.77. The molecule has 1 aromatic rings. The summed E-state index contributed by atoms with van der Waals surface area (Å²) < 4.78 is 10.4. The minimum Gasteiger partial charge on any atom is -0.442 e. The van der Waals surface area contributed by atoms with Gasteiger partial charge in [-0.05, 0) is 57.4 Å². The smallest absolute Gasteiger partial charge is 0.405 e. The fourth-order valence-electron chi connectivity index (χ4n) is 1.72. The van der Waals surface area contributed by atoms with Crippen LogP contribution in [0.25, 0.3) is 0 Å². The second-order valence-electron chi connectivity index (χ2n) is 5.94. The normalized spacial score (nSPS) is 12.6. The second-order valence-corrected chi connectivity index (χ2v) is 5.94. The Labute approximate surface area is 125 Å². The quantitative estimate of drug-likeness (QED) is 0.682. The molecule has 1 aromatic carbocycles. The van der Waals surface area contributed by atoms with Crippen molar-refractivity contribution >= 4 is 12.1 Å². The number of amides is 1. The maximum Gasteiger partial charge on any atom is 0.405 e. The third-order valence-electron chi connectivity index (χ3n) is 3.04. The van der Waals surface area contributed by atoms with Crippen LogP contribution in [0, 0.1) is 5.41 Å². The average Bonchev–Trinajstić information content (AvgIpc) is 2.37. The van der Waals surface area contributed by atoms with Gasteiger partial charge < -0.3 is 15.2 Å². The predicted molar refractivity (Wildman–Crippen MR) is 80.0 cm³/mol. The van der Waals surface area contributed by atoms with Crippen LogP contribution in [0.5, 0.6) is 5.75 Å². The largest absolute Gasteiger partial charge is 0.442 e. The number of esters is 1. The number of benzene rings is 1. The topological polar surface area (TPSA) is 78.6 Å². The van der Waals surface area contributed by atoms with E-state index in [0.29, 0.717) is 12.2 Å². The van der Waals surface area contributed by atoms with Gasteiger partial charge in [0.1, 0.15) is 11.9 Å². The van der Waals surface area contributed by atoms with E-state index in [4.69, 9.17) is 15.2 Å². The third-order valence-corrected chi connectivity index (χ3v) is 3.04. The highest BCUT2D eigenvalue weighted by Gasteiger charge is 2.24. The molecule has 0 aliphatic rings. The maximum absolute atomic E-state index is 12.0. The molecule has 2 N–H and O–H groups in total. The van der Waals surface area contributed by atoms with Gasteiger partial charge in [-0.25, -0.2) is 4.79 Å². The Morgan fingerprint density at radius 2 is 1.90 bits per heavy atom. The second kappa shape index (κ2) is 6.61. The van der Waals surface area contributed by atoms with Gasteiger partial charge in [0, 0.05) is 0 Å². The van der Waals surface area contributed by atoms with Gasteiger partial charge in [0.15, 0.2) is 0 Å². The Morgan fingerprint density at radius 3 is 2.38 bits per heavy atom. The van der Waals surface area contributed by atoms with Crippen LogP contribution in [-0.2, 0) is 16.0 Å². The fraction of sp³-hybridized carbons (Fsp3) is 0.500. The Morgan fingerprint density at radius 1 is 1.29 bits per heavy atom. The van der Waals surface area contributed by atoms with Crippen LogP contribution < -0.4 is 10.5 Å². The van der Waals surface area contributed by atoms with Crippen LogP contribution in [0.3, 0.4) is 0 Å². The molecule has 0 spiro atoms. The lowest BCUT2D eigenvalue weighted by Gasteiger charge is -2.19. The van der Waals surface area contributed by atoms with Crippen molar-refractivity contribution in [2.24, 2.45) is 11.1 Å². The number of ether oxygens (including phenoxy) is 2. The van der Waals surface area contributed by atoms with Gasteiger partial charge in [0.2, 0.25) is 0 Å². The van der Waals surface area contributed by atoms with Crippen LogP contribution in [0.4, 0.5) is 4.79 Å². The van der Waals surface area contributed by atoms with Crippen molar-refractivity contribution < 1.29 is 19.1 Å². The van der Waals surface area contributed by atoms with Gasteiger partial charge in [-0.2, -0.15) is 0 Å². The molecule has 0 aliphatic heterocycles. The first-order valence-corrected chi connectivity index (χ1v) is 6.96.